The molecule has 0 aliphatic carbocycles. The van der Waals surface area contributed by atoms with Crippen molar-refractivity contribution in [2.24, 2.45) is 0 Å². The van der Waals surface area contributed by atoms with Crippen LogP contribution in [0.4, 0.5) is 18.9 Å². The van der Waals surface area contributed by atoms with Crippen LogP contribution in [0.3, 0.4) is 0 Å². The Morgan fingerprint density at radius 1 is 1.14 bits per heavy atom. The van der Waals surface area contributed by atoms with E-state index in [1.54, 1.807) is 24.3 Å². The Hall–Kier alpha value is -2.54. The minimum atomic E-state index is -4.52. The third kappa shape index (κ3) is 4.84. The molecule has 1 saturated heterocycles. The zero-order valence-corrected chi connectivity index (χ0v) is 15.6. The molecule has 2 aromatic carbocycles. The van der Waals surface area contributed by atoms with E-state index < -0.39 is 17.6 Å². The smallest absolute Gasteiger partial charge is 0.324 e. The summed E-state index contributed by atoms with van der Waals surface area (Å²) >= 11 is 5.85. The van der Waals surface area contributed by atoms with Crippen molar-refractivity contribution in [2.75, 3.05) is 18.1 Å². The quantitative estimate of drug-likeness (QED) is 0.727. The molecule has 0 unspecified atom stereocenters. The van der Waals surface area contributed by atoms with E-state index in [0.717, 1.165) is 12.1 Å². The molecule has 0 bridgehead atoms. The maximum atomic E-state index is 13.1. The highest BCUT2D eigenvalue weighted by Gasteiger charge is 2.32. The summed E-state index contributed by atoms with van der Waals surface area (Å²) in [5.41, 5.74) is -0.0605. The number of hydrogen-bond acceptors (Lipinski definition) is 2. The van der Waals surface area contributed by atoms with Gasteiger partial charge in [-0.05, 0) is 42.3 Å². The van der Waals surface area contributed by atoms with Crippen LogP contribution < -0.4 is 4.90 Å². The molecule has 0 atom stereocenters. The van der Waals surface area contributed by atoms with Crippen molar-refractivity contribution in [3.05, 3.63) is 64.7 Å². The van der Waals surface area contributed by atoms with Crippen LogP contribution in [0.15, 0.2) is 48.5 Å². The van der Waals surface area contributed by atoms with Crippen LogP contribution in [0.5, 0.6) is 0 Å². The first-order valence-corrected chi connectivity index (χ1v) is 9.12. The highest BCUT2D eigenvalue weighted by molar-refractivity contribution is 6.30. The number of anilines is 1. The molecule has 8 heteroatoms. The summed E-state index contributed by atoms with van der Waals surface area (Å²) in [6.07, 6.45) is -3.50. The van der Waals surface area contributed by atoms with Gasteiger partial charge in [0.1, 0.15) is 6.67 Å². The van der Waals surface area contributed by atoms with E-state index in [1.807, 2.05) is 0 Å². The summed E-state index contributed by atoms with van der Waals surface area (Å²) in [6.45, 7) is 0.398. The first-order valence-electron chi connectivity index (χ1n) is 8.74. The van der Waals surface area contributed by atoms with Gasteiger partial charge in [0.15, 0.2) is 0 Å². The average molecular weight is 411 g/mol. The van der Waals surface area contributed by atoms with Crippen molar-refractivity contribution in [1.29, 1.82) is 0 Å². The molecule has 0 saturated carbocycles. The molecular weight excluding hydrogens is 393 g/mol. The van der Waals surface area contributed by atoms with Gasteiger partial charge in [0.2, 0.25) is 11.8 Å². The van der Waals surface area contributed by atoms with Gasteiger partial charge in [0.05, 0.1) is 12.0 Å². The average Bonchev–Trinajstić information content (AvgIpc) is 3.05. The number of carbonyl (C=O) groups excluding carboxylic acids is 2. The third-order valence-electron chi connectivity index (χ3n) is 4.54. The van der Waals surface area contributed by atoms with E-state index in [9.17, 15) is 22.8 Å². The Labute approximate surface area is 165 Å². The zero-order chi connectivity index (χ0) is 20.3. The molecule has 1 aliphatic heterocycles. The SMILES string of the molecule is O=C1CCCN1CN(C(=O)Cc1ccc(Cl)cc1)c1cccc(C(F)(F)F)c1. The van der Waals surface area contributed by atoms with E-state index >= 15 is 0 Å². The predicted octanol–water partition coefficient (Wildman–Crippen LogP) is 4.51. The van der Waals surface area contributed by atoms with Gasteiger partial charge < -0.3 is 4.90 Å². The van der Waals surface area contributed by atoms with Crippen molar-refractivity contribution in [2.45, 2.75) is 25.4 Å². The van der Waals surface area contributed by atoms with Crippen molar-refractivity contribution in [3.8, 4) is 0 Å². The molecule has 148 valence electrons. The lowest BCUT2D eigenvalue weighted by Crippen LogP contribution is -2.43. The molecule has 2 aromatic rings. The molecule has 0 N–H and O–H groups in total. The lowest BCUT2D eigenvalue weighted by atomic mass is 10.1. The van der Waals surface area contributed by atoms with Gasteiger partial charge in [0, 0.05) is 23.7 Å². The highest BCUT2D eigenvalue weighted by Crippen LogP contribution is 2.32. The Kier molecular flexibility index (Phi) is 5.93. The maximum Gasteiger partial charge on any atom is 0.416 e. The minimum Gasteiger partial charge on any atom is -0.324 e. The van der Waals surface area contributed by atoms with Crippen LogP contribution in [0.2, 0.25) is 5.02 Å². The lowest BCUT2D eigenvalue weighted by molar-refractivity contribution is -0.137. The Morgan fingerprint density at radius 3 is 2.46 bits per heavy atom. The summed E-state index contributed by atoms with van der Waals surface area (Å²) in [5, 5.41) is 0.522. The van der Waals surface area contributed by atoms with Crippen molar-refractivity contribution >= 4 is 29.1 Å². The number of alkyl halides is 3. The largest absolute Gasteiger partial charge is 0.416 e. The Bertz CT molecular complexity index is 868. The van der Waals surface area contributed by atoms with Crippen LogP contribution >= 0.6 is 11.6 Å². The fourth-order valence-corrected chi connectivity index (χ4v) is 3.18. The van der Waals surface area contributed by atoms with E-state index in [-0.39, 0.29) is 24.7 Å². The zero-order valence-electron chi connectivity index (χ0n) is 14.9. The van der Waals surface area contributed by atoms with E-state index in [4.69, 9.17) is 11.6 Å². The number of hydrogen-bond donors (Lipinski definition) is 0. The van der Waals surface area contributed by atoms with Crippen LogP contribution in [0.1, 0.15) is 24.0 Å². The molecule has 3 rings (SSSR count). The van der Waals surface area contributed by atoms with Gasteiger partial charge in [-0.25, -0.2) is 0 Å². The van der Waals surface area contributed by atoms with Gasteiger partial charge in [-0.3, -0.25) is 14.5 Å². The van der Waals surface area contributed by atoms with Crippen LogP contribution in [-0.2, 0) is 22.2 Å². The van der Waals surface area contributed by atoms with Gasteiger partial charge in [-0.1, -0.05) is 29.8 Å². The lowest BCUT2D eigenvalue weighted by Gasteiger charge is -2.28. The van der Waals surface area contributed by atoms with Crippen molar-refractivity contribution in [1.82, 2.24) is 4.90 Å². The summed E-state index contributed by atoms with van der Waals surface area (Å²) in [6, 6.07) is 11.2. The second-order valence-electron chi connectivity index (χ2n) is 6.58. The van der Waals surface area contributed by atoms with Crippen LogP contribution in [0, 0.1) is 0 Å². The monoisotopic (exact) mass is 410 g/mol. The fraction of sp³-hybridized carbons (Fsp3) is 0.300. The molecule has 1 fully saturated rings. The third-order valence-corrected chi connectivity index (χ3v) is 4.79. The fourth-order valence-electron chi connectivity index (χ4n) is 3.05. The number of amides is 2. The normalized spacial score (nSPS) is 14.4. The first-order chi connectivity index (χ1) is 13.2. The van der Waals surface area contributed by atoms with Gasteiger partial charge in [-0.15, -0.1) is 0 Å². The van der Waals surface area contributed by atoms with Gasteiger partial charge in [-0.2, -0.15) is 13.2 Å². The topological polar surface area (TPSA) is 40.6 Å². The van der Waals surface area contributed by atoms with Crippen molar-refractivity contribution < 1.29 is 22.8 Å². The Morgan fingerprint density at radius 2 is 1.86 bits per heavy atom. The molecule has 0 aromatic heterocycles. The van der Waals surface area contributed by atoms with E-state index in [0.29, 0.717) is 30.0 Å². The first kappa shape index (κ1) is 20.2. The number of halogens is 4. The molecule has 4 nitrogen and oxygen atoms in total. The highest BCUT2D eigenvalue weighted by atomic mass is 35.5. The molecule has 0 spiro atoms. The number of carbonyl (C=O) groups is 2. The van der Waals surface area contributed by atoms with E-state index in [1.165, 1.54) is 21.9 Å². The van der Waals surface area contributed by atoms with Gasteiger partial charge >= 0.3 is 6.18 Å². The molecule has 28 heavy (non-hydrogen) atoms. The summed E-state index contributed by atoms with van der Waals surface area (Å²) in [7, 11) is 0. The minimum absolute atomic E-state index is 0.0184. The van der Waals surface area contributed by atoms with Gasteiger partial charge in [0.25, 0.3) is 0 Å². The number of nitrogens with zero attached hydrogens (tertiary/aromatic N) is 2. The summed E-state index contributed by atoms with van der Waals surface area (Å²) in [4.78, 5) is 27.6. The Balaban J connectivity index is 1.89. The molecule has 1 aliphatic rings. The standard InChI is InChI=1S/C20H18ClF3N2O2/c21-16-8-6-14(7-9-16)11-19(28)26(13-25-10-2-5-18(25)27)17-4-1-3-15(12-17)20(22,23)24/h1,3-4,6-9,12H,2,5,10-11,13H2. The van der Waals surface area contributed by atoms with Crippen LogP contribution in [-0.4, -0.2) is 29.9 Å². The molecule has 1 heterocycles. The second-order valence-corrected chi connectivity index (χ2v) is 7.01. The summed E-state index contributed by atoms with van der Waals surface area (Å²) < 4.78 is 39.3. The number of rotatable bonds is 5. The number of benzene rings is 2. The summed E-state index contributed by atoms with van der Waals surface area (Å²) in [5.74, 6) is -0.516. The molecule has 2 amide bonds. The number of likely N-dealkylation sites (tertiary alicyclic amines) is 1. The second kappa shape index (κ2) is 8.22. The van der Waals surface area contributed by atoms with E-state index in [2.05, 4.69) is 0 Å². The predicted molar refractivity (Wildman–Crippen MR) is 99.9 cm³/mol. The van der Waals surface area contributed by atoms with Crippen molar-refractivity contribution in [3.63, 3.8) is 0 Å². The maximum absolute atomic E-state index is 13.1. The molecule has 0 radical (unpaired) electrons. The molecular formula is C20H18ClF3N2O2. The van der Waals surface area contributed by atoms with Crippen LogP contribution in [0.25, 0.3) is 0 Å².